The van der Waals surface area contributed by atoms with Crippen molar-refractivity contribution in [1.82, 2.24) is 0 Å². The zero-order chi connectivity index (χ0) is 9.84. The van der Waals surface area contributed by atoms with Gasteiger partial charge in [-0.2, -0.15) is 0 Å². The second kappa shape index (κ2) is 4.20. The number of carbonyl (C=O) groups is 1. The third-order valence-corrected chi connectivity index (χ3v) is 2.58. The molecule has 13 heavy (non-hydrogen) atoms. The number of nitro groups is 1. The number of nitrogens with zero attached hydrogens (tertiary/aromatic N) is 1. The van der Waals surface area contributed by atoms with E-state index in [4.69, 9.17) is 5.11 Å². The van der Waals surface area contributed by atoms with Gasteiger partial charge in [0.2, 0.25) is 6.04 Å². The fraction of sp³-hybridized carbons (Fsp3) is 0.875. The molecule has 74 valence electrons. The lowest BCUT2D eigenvalue weighted by molar-refractivity contribution is -0.521. The van der Waals surface area contributed by atoms with Crippen LogP contribution in [0, 0.1) is 16.0 Å². The molecular formula is C8H13NO4. The maximum atomic E-state index is 10.4. The quantitative estimate of drug-likeness (QED) is 0.531. The Morgan fingerprint density at radius 2 is 2.23 bits per heavy atom. The van der Waals surface area contributed by atoms with Gasteiger partial charge in [0.15, 0.2) is 0 Å². The van der Waals surface area contributed by atoms with Crippen LogP contribution in [-0.4, -0.2) is 22.0 Å². The average Bonchev–Trinajstić information content (AvgIpc) is 2.48. The number of carboxylic acid groups (broad SMARTS) is 1. The van der Waals surface area contributed by atoms with Gasteiger partial charge in [0, 0.05) is 24.2 Å². The van der Waals surface area contributed by atoms with Crippen molar-refractivity contribution in [3.8, 4) is 0 Å². The normalized spacial score (nSPS) is 27.4. The predicted molar refractivity (Wildman–Crippen MR) is 45.0 cm³/mol. The van der Waals surface area contributed by atoms with Crippen molar-refractivity contribution < 1.29 is 14.8 Å². The van der Waals surface area contributed by atoms with Crippen molar-refractivity contribution in [2.45, 2.75) is 38.1 Å². The van der Waals surface area contributed by atoms with Crippen LogP contribution in [-0.2, 0) is 4.79 Å². The van der Waals surface area contributed by atoms with Crippen LogP contribution in [0.4, 0.5) is 0 Å². The van der Waals surface area contributed by atoms with Gasteiger partial charge in [-0.05, 0) is 18.8 Å². The summed E-state index contributed by atoms with van der Waals surface area (Å²) < 4.78 is 0. The van der Waals surface area contributed by atoms with Crippen LogP contribution in [0.25, 0.3) is 0 Å². The first-order chi connectivity index (χ1) is 6.09. The zero-order valence-electron chi connectivity index (χ0n) is 7.31. The summed E-state index contributed by atoms with van der Waals surface area (Å²) in [5.41, 5.74) is 0. The Kier molecular flexibility index (Phi) is 3.22. The Balaban J connectivity index is 2.25. The molecule has 1 N–H and O–H groups in total. The first-order valence-electron chi connectivity index (χ1n) is 4.45. The molecule has 0 aromatic rings. The largest absolute Gasteiger partial charge is 0.481 e. The van der Waals surface area contributed by atoms with Gasteiger partial charge in [0.05, 0.1) is 0 Å². The van der Waals surface area contributed by atoms with E-state index in [1.165, 1.54) is 0 Å². The van der Waals surface area contributed by atoms with Gasteiger partial charge < -0.3 is 5.11 Å². The van der Waals surface area contributed by atoms with E-state index in [1.807, 2.05) is 0 Å². The zero-order valence-corrected chi connectivity index (χ0v) is 7.31. The maximum Gasteiger partial charge on any atom is 0.303 e. The molecule has 0 radical (unpaired) electrons. The number of carboxylic acids is 1. The average molecular weight is 187 g/mol. The number of hydrogen-bond donors (Lipinski definition) is 1. The van der Waals surface area contributed by atoms with Crippen molar-refractivity contribution in [3.05, 3.63) is 10.1 Å². The predicted octanol–water partition coefficient (Wildman–Crippen LogP) is 1.30. The van der Waals surface area contributed by atoms with Gasteiger partial charge in [-0.15, -0.1) is 0 Å². The summed E-state index contributed by atoms with van der Waals surface area (Å²) >= 11 is 0. The smallest absolute Gasteiger partial charge is 0.303 e. The van der Waals surface area contributed by atoms with E-state index < -0.39 is 12.0 Å². The molecule has 0 heterocycles. The molecule has 1 aliphatic carbocycles. The topological polar surface area (TPSA) is 80.4 Å². The first-order valence-corrected chi connectivity index (χ1v) is 4.45. The number of hydrogen-bond acceptors (Lipinski definition) is 3. The summed E-state index contributed by atoms with van der Waals surface area (Å²) in [6.45, 7) is 0. The first kappa shape index (κ1) is 9.95. The van der Waals surface area contributed by atoms with E-state index in [2.05, 4.69) is 0 Å². The third-order valence-electron chi connectivity index (χ3n) is 2.58. The standard InChI is InChI=1S/C8H13NO4/c10-8(11)4-2-6-1-3-7(5-6)9(12)13/h6-7H,1-5H2,(H,10,11). The molecule has 0 spiro atoms. The summed E-state index contributed by atoms with van der Waals surface area (Å²) in [4.78, 5) is 20.4. The minimum atomic E-state index is -0.815. The summed E-state index contributed by atoms with van der Waals surface area (Å²) in [5, 5.41) is 18.8. The van der Waals surface area contributed by atoms with Gasteiger partial charge >= 0.3 is 5.97 Å². The maximum absolute atomic E-state index is 10.4. The monoisotopic (exact) mass is 187 g/mol. The van der Waals surface area contributed by atoms with E-state index in [1.54, 1.807) is 0 Å². The second-order valence-electron chi connectivity index (χ2n) is 3.55. The Labute approximate surface area is 75.9 Å². The molecule has 2 unspecified atom stereocenters. The lowest BCUT2D eigenvalue weighted by Gasteiger charge is -2.04. The van der Waals surface area contributed by atoms with Crippen molar-refractivity contribution in [3.63, 3.8) is 0 Å². The van der Waals surface area contributed by atoms with Crippen LogP contribution in [0.2, 0.25) is 0 Å². The molecule has 2 atom stereocenters. The van der Waals surface area contributed by atoms with E-state index >= 15 is 0 Å². The lowest BCUT2D eigenvalue weighted by atomic mass is 10.0. The summed E-state index contributed by atoms with van der Waals surface area (Å²) in [6, 6.07) is -0.432. The van der Waals surface area contributed by atoms with Gasteiger partial charge in [-0.3, -0.25) is 14.9 Å². The highest BCUT2D eigenvalue weighted by atomic mass is 16.6. The SMILES string of the molecule is O=C(O)CCC1CCC([N+](=O)[O-])C1. The summed E-state index contributed by atoms with van der Waals surface area (Å²) in [5.74, 6) is -0.573. The molecule has 0 aromatic heterocycles. The van der Waals surface area contributed by atoms with E-state index in [0.29, 0.717) is 19.3 Å². The molecule has 1 aliphatic rings. The molecule has 1 rings (SSSR count). The van der Waals surface area contributed by atoms with Gasteiger partial charge in [-0.25, -0.2) is 0 Å². The molecule has 0 bridgehead atoms. The summed E-state index contributed by atoms with van der Waals surface area (Å²) in [6.07, 6.45) is 2.69. The Morgan fingerprint density at radius 3 is 2.69 bits per heavy atom. The fourth-order valence-corrected chi connectivity index (χ4v) is 1.83. The van der Waals surface area contributed by atoms with Crippen molar-refractivity contribution >= 4 is 5.97 Å². The van der Waals surface area contributed by atoms with Crippen LogP contribution >= 0.6 is 0 Å². The minimum absolute atomic E-state index is 0.134. The van der Waals surface area contributed by atoms with E-state index in [-0.39, 0.29) is 17.3 Å². The van der Waals surface area contributed by atoms with Gasteiger partial charge in [0.1, 0.15) is 0 Å². The number of rotatable bonds is 4. The highest BCUT2D eigenvalue weighted by molar-refractivity contribution is 5.66. The Hall–Kier alpha value is -1.13. The van der Waals surface area contributed by atoms with Crippen molar-refractivity contribution in [1.29, 1.82) is 0 Å². The van der Waals surface area contributed by atoms with Crippen LogP contribution in [0.1, 0.15) is 32.1 Å². The Bertz CT molecular complexity index is 216. The second-order valence-corrected chi connectivity index (χ2v) is 3.55. The lowest BCUT2D eigenvalue weighted by Crippen LogP contribution is -2.15. The minimum Gasteiger partial charge on any atom is -0.481 e. The van der Waals surface area contributed by atoms with Crippen LogP contribution in [0.15, 0.2) is 0 Å². The molecule has 1 fully saturated rings. The molecule has 0 aliphatic heterocycles. The van der Waals surface area contributed by atoms with Crippen LogP contribution in [0.5, 0.6) is 0 Å². The highest BCUT2D eigenvalue weighted by Gasteiger charge is 2.32. The number of aliphatic carboxylic acids is 1. The van der Waals surface area contributed by atoms with E-state index in [0.717, 1.165) is 6.42 Å². The third kappa shape index (κ3) is 3.01. The molecule has 0 aromatic carbocycles. The Morgan fingerprint density at radius 1 is 1.54 bits per heavy atom. The molecule has 1 saturated carbocycles. The van der Waals surface area contributed by atoms with Gasteiger partial charge in [0.25, 0.3) is 0 Å². The molecule has 0 saturated heterocycles. The highest BCUT2D eigenvalue weighted by Crippen LogP contribution is 2.30. The fourth-order valence-electron chi connectivity index (χ4n) is 1.83. The van der Waals surface area contributed by atoms with Crippen molar-refractivity contribution in [2.24, 2.45) is 5.92 Å². The summed E-state index contributed by atoms with van der Waals surface area (Å²) in [7, 11) is 0. The van der Waals surface area contributed by atoms with E-state index in [9.17, 15) is 14.9 Å². The molecule has 0 amide bonds. The van der Waals surface area contributed by atoms with Crippen LogP contribution in [0.3, 0.4) is 0 Å². The molecule has 5 nitrogen and oxygen atoms in total. The van der Waals surface area contributed by atoms with Crippen molar-refractivity contribution in [2.75, 3.05) is 0 Å². The van der Waals surface area contributed by atoms with Gasteiger partial charge in [-0.1, -0.05) is 0 Å². The van der Waals surface area contributed by atoms with Crippen LogP contribution < -0.4 is 0 Å². The molecule has 5 heteroatoms. The molecular weight excluding hydrogens is 174 g/mol.